The van der Waals surface area contributed by atoms with Gasteiger partial charge in [-0.2, -0.15) is 4.31 Å². The lowest BCUT2D eigenvalue weighted by molar-refractivity contribution is -0.139. The largest absolute Gasteiger partial charge is 0.342 e. The standard InChI is InChI=1S/C25H30FN3O4S/c1-18-2-8-23(9-3-18)34(32,33)29-16-12-20(13-17-29)25(31)28-14-10-19(11-15-28)24(30)27-22-6-4-21(26)5-7-22/h2-9,19-20H,10-17H2,1H3,(H,27,30). The number of hydrogen-bond acceptors (Lipinski definition) is 4. The second kappa shape index (κ2) is 10.2. The van der Waals surface area contributed by atoms with Crippen LogP contribution in [0.2, 0.25) is 0 Å². The molecule has 2 aromatic rings. The van der Waals surface area contributed by atoms with Crippen LogP contribution in [0.15, 0.2) is 53.4 Å². The number of amides is 2. The fraction of sp³-hybridized carbons (Fsp3) is 0.440. The maximum Gasteiger partial charge on any atom is 0.243 e. The Bertz CT molecular complexity index is 1120. The summed E-state index contributed by atoms with van der Waals surface area (Å²) in [6, 6.07) is 12.5. The number of benzene rings is 2. The third-order valence-corrected chi connectivity index (χ3v) is 8.66. The Morgan fingerprint density at radius 2 is 1.41 bits per heavy atom. The lowest BCUT2D eigenvalue weighted by Crippen LogP contribution is -2.47. The summed E-state index contributed by atoms with van der Waals surface area (Å²) < 4.78 is 40.3. The fourth-order valence-corrected chi connectivity index (χ4v) is 6.07. The van der Waals surface area contributed by atoms with Gasteiger partial charge in [-0.05, 0) is 69.0 Å². The number of anilines is 1. The zero-order chi connectivity index (χ0) is 24.3. The van der Waals surface area contributed by atoms with E-state index in [0.717, 1.165) is 5.56 Å². The molecule has 0 unspecified atom stereocenters. The van der Waals surface area contributed by atoms with Crippen molar-refractivity contribution >= 4 is 27.5 Å². The van der Waals surface area contributed by atoms with Gasteiger partial charge in [-0.25, -0.2) is 12.8 Å². The van der Waals surface area contributed by atoms with E-state index in [1.54, 1.807) is 29.2 Å². The Balaban J connectivity index is 1.26. The molecule has 0 bridgehead atoms. The molecule has 2 aliphatic rings. The highest BCUT2D eigenvalue weighted by atomic mass is 32.2. The van der Waals surface area contributed by atoms with Gasteiger partial charge in [0.2, 0.25) is 21.8 Å². The van der Waals surface area contributed by atoms with Crippen molar-refractivity contribution in [3.63, 3.8) is 0 Å². The third-order valence-electron chi connectivity index (χ3n) is 6.75. The van der Waals surface area contributed by atoms with E-state index in [1.807, 2.05) is 6.92 Å². The molecule has 0 saturated carbocycles. The van der Waals surface area contributed by atoms with Crippen LogP contribution >= 0.6 is 0 Å². The first kappa shape index (κ1) is 24.3. The second-order valence-corrected chi connectivity index (χ2v) is 11.0. The average molecular weight is 488 g/mol. The predicted molar refractivity (Wildman–Crippen MR) is 127 cm³/mol. The van der Waals surface area contributed by atoms with Gasteiger partial charge in [-0.15, -0.1) is 0 Å². The Hall–Kier alpha value is -2.78. The van der Waals surface area contributed by atoms with Gasteiger partial charge in [0, 0.05) is 43.7 Å². The van der Waals surface area contributed by atoms with Crippen molar-refractivity contribution < 1.29 is 22.4 Å². The summed E-state index contributed by atoms with van der Waals surface area (Å²) in [5.41, 5.74) is 1.55. The molecule has 7 nitrogen and oxygen atoms in total. The summed E-state index contributed by atoms with van der Waals surface area (Å²) in [6.07, 6.45) is 2.13. The van der Waals surface area contributed by atoms with Crippen LogP contribution in [-0.2, 0) is 19.6 Å². The Labute approximate surface area is 200 Å². The van der Waals surface area contributed by atoms with Gasteiger partial charge in [0.15, 0.2) is 0 Å². The molecule has 2 amide bonds. The van der Waals surface area contributed by atoms with Crippen LogP contribution < -0.4 is 5.32 Å². The topological polar surface area (TPSA) is 86.8 Å². The molecule has 4 rings (SSSR count). The molecular weight excluding hydrogens is 457 g/mol. The summed E-state index contributed by atoms with van der Waals surface area (Å²) in [7, 11) is -3.55. The number of likely N-dealkylation sites (tertiary alicyclic amines) is 1. The second-order valence-electron chi connectivity index (χ2n) is 9.09. The molecule has 0 aliphatic carbocycles. The molecule has 0 atom stereocenters. The van der Waals surface area contributed by atoms with Crippen molar-refractivity contribution in [2.24, 2.45) is 11.8 Å². The van der Waals surface area contributed by atoms with E-state index in [9.17, 15) is 22.4 Å². The molecule has 1 N–H and O–H groups in total. The van der Waals surface area contributed by atoms with Gasteiger partial charge in [-0.3, -0.25) is 9.59 Å². The molecule has 2 aromatic carbocycles. The number of piperidine rings is 2. The Kier molecular flexibility index (Phi) is 7.33. The minimum absolute atomic E-state index is 0.0461. The number of aryl methyl sites for hydroxylation is 1. The molecule has 182 valence electrons. The van der Waals surface area contributed by atoms with E-state index in [-0.39, 0.29) is 34.4 Å². The first-order valence-corrected chi connectivity index (χ1v) is 13.1. The van der Waals surface area contributed by atoms with Crippen LogP contribution in [0.5, 0.6) is 0 Å². The van der Waals surface area contributed by atoms with Crippen molar-refractivity contribution in [2.75, 3.05) is 31.5 Å². The summed E-state index contributed by atoms with van der Waals surface area (Å²) >= 11 is 0. The Morgan fingerprint density at radius 3 is 2.00 bits per heavy atom. The monoisotopic (exact) mass is 487 g/mol. The molecule has 2 saturated heterocycles. The number of hydrogen-bond donors (Lipinski definition) is 1. The summed E-state index contributed by atoms with van der Waals surface area (Å²) in [4.78, 5) is 27.6. The van der Waals surface area contributed by atoms with E-state index in [0.29, 0.717) is 57.5 Å². The van der Waals surface area contributed by atoms with E-state index in [4.69, 9.17) is 0 Å². The Morgan fingerprint density at radius 1 is 0.853 bits per heavy atom. The summed E-state index contributed by atoms with van der Waals surface area (Å²) in [5, 5.41) is 2.81. The number of nitrogens with one attached hydrogen (secondary N) is 1. The number of rotatable bonds is 5. The van der Waals surface area contributed by atoms with Crippen LogP contribution in [0.1, 0.15) is 31.2 Å². The first-order chi connectivity index (χ1) is 16.2. The van der Waals surface area contributed by atoms with Crippen LogP contribution in [0.3, 0.4) is 0 Å². The molecule has 2 heterocycles. The van der Waals surface area contributed by atoms with Gasteiger partial charge >= 0.3 is 0 Å². The number of halogens is 1. The first-order valence-electron chi connectivity index (χ1n) is 11.7. The average Bonchev–Trinajstić information content (AvgIpc) is 2.85. The number of carbonyl (C=O) groups excluding carboxylic acids is 2. The lowest BCUT2D eigenvalue weighted by atomic mass is 9.92. The minimum atomic E-state index is -3.55. The molecule has 0 spiro atoms. The fourth-order valence-electron chi connectivity index (χ4n) is 4.60. The normalized spacial score (nSPS) is 18.6. The van der Waals surface area contributed by atoms with E-state index in [1.165, 1.54) is 28.6 Å². The highest BCUT2D eigenvalue weighted by Gasteiger charge is 2.35. The molecule has 0 aromatic heterocycles. The number of nitrogens with zero attached hydrogens (tertiary/aromatic N) is 2. The quantitative estimate of drug-likeness (QED) is 0.700. The van der Waals surface area contributed by atoms with Gasteiger partial charge in [0.05, 0.1) is 4.90 Å². The molecule has 9 heteroatoms. The maximum atomic E-state index is 13.0. The highest BCUT2D eigenvalue weighted by molar-refractivity contribution is 7.89. The van der Waals surface area contributed by atoms with E-state index < -0.39 is 10.0 Å². The van der Waals surface area contributed by atoms with Crippen molar-refractivity contribution in [3.8, 4) is 0 Å². The smallest absolute Gasteiger partial charge is 0.243 e. The minimum Gasteiger partial charge on any atom is -0.342 e. The zero-order valence-electron chi connectivity index (χ0n) is 19.2. The van der Waals surface area contributed by atoms with Gasteiger partial charge in [0.25, 0.3) is 0 Å². The van der Waals surface area contributed by atoms with Gasteiger partial charge in [0.1, 0.15) is 5.82 Å². The number of sulfonamides is 1. The van der Waals surface area contributed by atoms with E-state index in [2.05, 4.69) is 5.32 Å². The molecule has 2 fully saturated rings. The van der Waals surface area contributed by atoms with Gasteiger partial charge in [-0.1, -0.05) is 17.7 Å². The molecule has 0 radical (unpaired) electrons. The van der Waals surface area contributed by atoms with Crippen molar-refractivity contribution in [1.29, 1.82) is 0 Å². The SMILES string of the molecule is Cc1ccc(S(=O)(=O)N2CCC(C(=O)N3CCC(C(=O)Nc4ccc(F)cc4)CC3)CC2)cc1. The van der Waals surface area contributed by atoms with Gasteiger partial charge < -0.3 is 10.2 Å². The van der Waals surface area contributed by atoms with Crippen LogP contribution in [0.4, 0.5) is 10.1 Å². The lowest BCUT2D eigenvalue weighted by Gasteiger charge is -2.36. The van der Waals surface area contributed by atoms with Crippen LogP contribution in [-0.4, -0.2) is 55.6 Å². The van der Waals surface area contributed by atoms with Crippen LogP contribution in [0, 0.1) is 24.6 Å². The molecule has 2 aliphatic heterocycles. The predicted octanol–water partition coefficient (Wildman–Crippen LogP) is 3.41. The van der Waals surface area contributed by atoms with Crippen molar-refractivity contribution in [3.05, 3.63) is 59.9 Å². The summed E-state index contributed by atoms with van der Waals surface area (Å²) in [6.45, 7) is 3.56. The zero-order valence-corrected chi connectivity index (χ0v) is 20.1. The maximum absolute atomic E-state index is 13.0. The third kappa shape index (κ3) is 5.47. The molecular formula is C25H30FN3O4S. The molecule has 34 heavy (non-hydrogen) atoms. The van der Waals surface area contributed by atoms with Crippen molar-refractivity contribution in [2.45, 2.75) is 37.5 Å². The summed E-state index contributed by atoms with van der Waals surface area (Å²) in [5.74, 6) is -0.828. The number of carbonyl (C=O) groups is 2. The van der Waals surface area contributed by atoms with E-state index >= 15 is 0 Å². The van der Waals surface area contributed by atoms with Crippen molar-refractivity contribution in [1.82, 2.24) is 9.21 Å². The van der Waals surface area contributed by atoms with Crippen LogP contribution in [0.25, 0.3) is 0 Å². The highest BCUT2D eigenvalue weighted by Crippen LogP contribution is 2.27.